The second kappa shape index (κ2) is 4.45. The Labute approximate surface area is 95.0 Å². The topological polar surface area (TPSA) is 54.4 Å². The molecule has 86 valence electrons. The molecule has 1 aromatic heterocycles. The molecule has 0 aliphatic carbocycles. The minimum atomic E-state index is 0.751. The van der Waals surface area contributed by atoms with Gasteiger partial charge in [-0.1, -0.05) is 0 Å². The number of hydrogen-bond donors (Lipinski definition) is 2. The van der Waals surface area contributed by atoms with E-state index in [1.807, 2.05) is 32.3 Å². The molecule has 1 aromatic carbocycles. The normalized spacial score (nSPS) is 11.2. The summed E-state index contributed by atoms with van der Waals surface area (Å²) in [5.41, 5.74) is 8.40. The van der Waals surface area contributed by atoms with Crippen molar-refractivity contribution < 1.29 is 4.42 Å². The standard InChI is InChI=1S/C12H17N3O/c1-15(2)5-4-14-11-8-10(13)7-9-3-6-16-12(9)11/h3,6-8,14H,4-5,13H2,1-2H3. The summed E-state index contributed by atoms with van der Waals surface area (Å²) in [7, 11) is 4.09. The summed E-state index contributed by atoms with van der Waals surface area (Å²) < 4.78 is 5.43. The monoisotopic (exact) mass is 219 g/mol. The highest BCUT2D eigenvalue weighted by Gasteiger charge is 2.05. The molecule has 0 fully saturated rings. The molecule has 4 nitrogen and oxygen atoms in total. The van der Waals surface area contributed by atoms with Gasteiger partial charge in [0.2, 0.25) is 0 Å². The van der Waals surface area contributed by atoms with E-state index in [1.54, 1.807) is 6.26 Å². The van der Waals surface area contributed by atoms with Crippen molar-refractivity contribution in [3.63, 3.8) is 0 Å². The average Bonchev–Trinajstić information content (AvgIpc) is 2.64. The molecule has 2 rings (SSSR count). The molecule has 1 heterocycles. The molecule has 0 unspecified atom stereocenters. The molecular weight excluding hydrogens is 202 g/mol. The lowest BCUT2D eigenvalue weighted by molar-refractivity contribution is 0.425. The molecule has 0 spiro atoms. The number of nitrogen functional groups attached to an aromatic ring is 1. The van der Waals surface area contributed by atoms with Gasteiger partial charge in [0.15, 0.2) is 5.58 Å². The van der Waals surface area contributed by atoms with Crippen LogP contribution in [0.1, 0.15) is 0 Å². The van der Waals surface area contributed by atoms with Crippen molar-refractivity contribution in [1.82, 2.24) is 4.90 Å². The van der Waals surface area contributed by atoms with Gasteiger partial charge in [-0.25, -0.2) is 0 Å². The summed E-state index contributed by atoms with van der Waals surface area (Å²) in [5.74, 6) is 0. The van der Waals surface area contributed by atoms with Crippen LogP contribution in [-0.4, -0.2) is 32.1 Å². The molecule has 0 aliphatic rings. The zero-order valence-electron chi connectivity index (χ0n) is 9.66. The predicted molar refractivity (Wildman–Crippen MR) is 67.7 cm³/mol. The molecule has 3 N–H and O–H groups in total. The molecule has 0 aliphatic heterocycles. The van der Waals surface area contributed by atoms with Gasteiger partial charge in [0.05, 0.1) is 12.0 Å². The number of nitrogens with two attached hydrogens (primary N) is 1. The number of fused-ring (bicyclic) bond motifs is 1. The second-order valence-corrected chi connectivity index (χ2v) is 4.14. The third-order valence-corrected chi connectivity index (χ3v) is 2.45. The van der Waals surface area contributed by atoms with Gasteiger partial charge < -0.3 is 20.4 Å². The predicted octanol–water partition coefficient (Wildman–Crippen LogP) is 1.99. The Morgan fingerprint density at radius 2 is 2.19 bits per heavy atom. The third kappa shape index (κ3) is 2.28. The van der Waals surface area contributed by atoms with Gasteiger partial charge in [-0.3, -0.25) is 0 Å². The molecule has 2 aromatic rings. The zero-order chi connectivity index (χ0) is 11.5. The molecule has 0 bridgehead atoms. The van der Waals surface area contributed by atoms with Crippen molar-refractivity contribution >= 4 is 22.3 Å². The number of benzene rings is 1. The minimum absolute atomic E-state index is 0.751. The van der Waals surface area contributed by atoms with Crippen molar-refractivity contribution in [2.75, 3.05) is 38.2 Å². The van der Waals surface area contributed by atoms with Crippen molar-refractivity contribution in [3.8, 4) is 0 Å². The lowest BCUT2D eigenvalue weighted by atomic mass is 10.2. The van der Waals surface area contributed by atoms with E-state index in [4.69, 9.17) is 10.2 Å². The first-order valence-electron chi connectivity index (χ1n) is 5.32. The van der Waals surface area contributed by atoms with E-state index in [2.05, 4.69) is 10.2 Å². The van der Waals surface area contributed by atoms with Crippen LogP contribution in [0.15, 0.2) is 28.9 Å². The number of nitrogens with one attached hydrogen (secondary N) is 1. The molecule has 16 heavy (non-hydrogen) atoms. The summed E-state index contributed by atoms with van der Waals surface area (Å²) >= 11 is 0. The van der Waals surface area contributed by atoms with E-state index in [0.29, 0.717) is 0 Å². The van der Waals surface area contributed by atoms with E-state index < -0.39 is 0 Å². The Bertz CT molecular complexity index is 476. The van der Waals surface area contributed by atoms with Crippen LogP contribution in [0.3, 0.4) is 0 Å². The number of nitrogens with zero attached hydrogens (tertiary/aromatic N) is 1. The Balaban J connectivity index is 2.19. The first kappa shape index (κ1) is 10.8. The molecule has 0 radical (unpaired) electrons. The first-order chi connectivity index (χ1) is 7.66. The number of hydrogen-bond acceptors (Lipinski definition) is 4. The lowest BCUT2D eigenvalue weighted by Crippen LogP contribution is -2.20. The summed E-state index contributed by atoms with van der Waals surface area (Å²) in [5, 5.41) is 4.37. The summed E-state index contributed by atoms with van der Waals surface area (Å²) in [4.78, 5) is 2.12. The quantitative estimate of drug-likeness (QED) is 0.772. The minimum Gasteiger partial charge on any atom is -0.462 e. The highest BCUT2D eigenvalue weighted by molar-refractivity contribution is 5.92. The third-order valence-electron chi connectivity index (χ3n) is 2.45. The number of anilines is 2. The first-order valence-corrected chi connectivity index (χ1v) is 5.32. The Morgan fingerprint density at radius 1 is 1.38 bits per heavy atom. The van der Waals surface area contributed by atoms with Crippen LogP contribution < -0.4 is 11.1 Å². The van der Waals surface area contributed by atoms with Crippen molar-refractivity contribution in [2.24, 2.45) is 0 Å². The number of furan rings is 1. The summed E-state index contributed by atoms with van der Waals surface area (Å²) in [6.07, 6.45) is 1.68. The van der Waals surface area contributed by atoms with Crippen LogP contribution in [0.25, 0.3) is 11.0 Å². The van der Waals surface area contributed by atoms with Crippen LogP contribution in [0.4, 0.5) is 11.4 Å². The van der Waals surface area contributed by atoms with Crippen molar-refractivity contribution in [1.29, 1.82) is 0 Å². The smallest absolute Gasteiger partial charge is 0.157 e. The molecule has 0 atom stereocenters. The molecule has 0 saturated heterocycles. The maximum Gasteiger partial charge on any atom is 0.157 e. The van der Waals surface area contributed by atoms with Crippen LogP contribution in [0, 0.1) is 0 Å². The largest absolute Gasteiger partial charge is 0.462 e. The van der Waals surface area contributed by atoms with Gasteiger partial charge in [-0.05, 0) is 32.3 Å². The SMILES string of the molecule is CN(C)CCNc1cc(N)cc2ccoc12. The second-order valence-electron chi connectivity index (χ2n) is 4.14. The molecule has 4 heteroatoms. The Morgan fingerprint density at radius 3 is 2.94 bits per heavy atom. The lowest BCUT2D eigenvalue weighted by Gasteiger charge is -2.12. The van der Waals surface area contributed by atoms with Gasteiger partial charge >= 0.3 is 0 Å². The summed E-state index contributed by atoms with van der Waals surface area (Å²) in [6.45, 7) is 1.84. The van der Waals surface area contributed by atoms with E-state index in [-0.39, 0.29) is 0 Å². The van der Waals surface area contributed by atoms with Gasteiger partial charge in [0.25, 0.3) is 0 Å². The molecule has 0 saturated carbocycles. The van der Waals surface area contributed by atoms with Gasteiger partial charge in [0, 0.05) is 24.2 Å². The maximum absolute atomic E-state index is 5.82. The zero-order valence-corrected chi connectivity index (χ0v) is 9.66. The number of rotatable bonds is 4. The van der Waals surface area contributed by atoms with E-state index in [0.717, 1.165) is 35.4 Å². The van der Waals surface area contributed by atoms with E-state index in [9.17, 15) is 0 Å². The van der Waals surface area contributed by atoms with Crippen molar-refractivity contribution in [2.45, 2.75) is 0 Å². The molecule has 0 amide bonds. The Kier molecular flexibility index (Phi) is 3.01. The Hall–Kier alpha value is -1.68. The fourth-order valence-electron chi connectivity index (χ4n) is 1.65. The molecular formula is C12H17N3O. The van der Waals surface area contributed by atoms with Crippen LogP contribution in [0.5, 0.6) is 0 Å². The van der Waals surface area contributed by atoms with Crippen LogP contribution >= 0.6 is 0 Å². The highest BCUT2D eigenvalue weighted by atomic mass is 16.3. The fraction of sp³-hybridized carbons (Fsp3) is 0.333. The van der Waals surface area contributed by atoms with E-state index >= 15 is 0 Å². The highest BCUT2D eigenvalue weighted by Crippen LogP contribution is 2.27. The van der Waals surface area contributed by atoms with Crippen LogP contribution in [-0.2, 0) is 0 Å². The summed E-state index contributed by atoms with van der Waals surface area (Å²) in [6, 6.07) is 5.74. The maximum atomic E-state index is 5.82. The van der Waals surface area contributed by atoms with Gasteiger partial charge in [0.1, 0.15) is 0 Å². The van der Waals surface area contributed by atoms with Crippen LogP contribution in [0.2, 0.25) is 0 Å². The van der Waals surface area contributed by atoms with Crippen molar-refractivity contribution in [3.05, 3.63) is 24.5 Å². The average molecular weight is 219 g/mol. The van der Waals surface area contributed by atoms with Gasteiger partial charge in [-0.2, -0.15) is 0 Å². The van der Waals surface area contributed by atoms with E-state index in [1.165, 1.54) is 0 Å². The fourth-order valence-corrected chi connectivity index (χ4v) is 1.65. The number of likely N-dealkylation sites (N-methyl/N-ethyl adjacent to an activating group) is 1. The van der Waals surface area contributed by atoms with Gasteiger partial charge in [-0.15, -0.1) is 0 Å².